The molecular formula is C14H30N2. The predicted octanol–water partition coefficient (Wildman–Crippen LogP) is 2.89. The van der Waals surface area contributed by atoms with E-state index in [4.69, 9.17) is 0 Å². The smallest absolute Gasteiger partial charge is 0.0192 e. The number of nitrogens with one attached hydrogen (secondary N) is 1. The first-order valence-corrected chi connectivity index (χ1v) is 7.12. The number of likely N-dealkylation sites (tertiary alicyclic amines) is 1. The minimum atomic E-state index is 0.650. The molecule has 1 rings (SSSR count). The molecule has 96 valence electrons. The third-order valence-electron chi connectivity index (χ3n) is 4.25. The second kappa shape index (κ2) is 7.29. The molecule has 0 aliphatic carbocycles. The summed E-state index contributed by atoms with van der Waals surface area (Å²) in [5.74, 6) is 0.786. The summed E-state index contributed by atoms with van der Waals surface area (Å²) in [6.45, 7) is 13.0. The lowest BCUT2D eigenvalue weighted by Gasteiger charge is -2.33. The summed E-state index contributed by atoms with van der Waals surface area (Å²) < 4.78 is 0. The Balaban J connectivity index is 2.20. The molecule has 1 heterocycles. The van der Waals surface area contributed by atoms with Crippen molar-refractivity contribution in [3.63, 3.8) is 0 Å². The monoisotopic (exact) mass is 226 g/mol. The number of piperidine rings is 1. The van der Waals surface area contributed by atoms with E-state index >= 15 is 0 Å². The number of hydrogen-bond donors (Lipinski definition) is 1. The van der Waals surface area contributed by atoms with Crippen LogP contribution in [0.15, 0.2) is 0 Å². The van der Waals surface area contributed by atoms with Crippen LogP contribution in [0.5, 0.6) is 0 Å². The average molecular weight is 226 g/mol. The molecule has 16 heavy (non-hydrogen) atoms. The first-order chi connectivity index (χ1) is 7.65. The van der Waals surface area contributed by atoms with Gasteiger partial charge >= 0.3 is 0 Å². The maximum absolute atomic E-state index is 3.69. The van der Waals surface area contributed by atoms with Crippen molar-refractivity contribution in [3.8, 4) is 0 Å². The molecule has 0 saturated carbocycles. The van der Waals surface area contributed by atoms with Crippen molar-refractivity contribution in [3.05, 3.63) is 0 Å². The molecule has 2 nitrogen and oxygen atoms in total. The van der Waals surface area contributed by atoms with Crippen molar-refractivity contribution in [2.45, 2.75) is 65.5 Å². The van der Waals surface area contributed by atoms with Crippen molar-refractivity contribution >= 4 is 0 Å². The van der Waals surface area contributed by atoms with Crippen LogP contribution in [0.25, 0.3) is 0 Å². The third kappa shape index (κ3) is 4.42. The van der Waals surface area contributed by atoms with Gasteiger partial charge in [0.15, 0.2) is 0 Å². The highest BCUT2D eigenvalue weighted by Crippen LogP contribution is 2.12. The molecule has 0 radical (unpaired) electrons. The fraction of sp³-hybridized carbons (Fsp3) is 1.00. The Morgan fingerprint density at radius 2 is 1.69 bits per heavy atom. The average Bonchev–Trinajstić information content (AvgIpc) is 2.35. The Morgan fingerprint density at radius 3 is 2.25 bits per heavy atom. The van der Waals surface area contributed by atoms with E-state index in [0.717, 1.165) is 12.5 Å². The van der Waals surface area contributed by atoms with E-state index in [1.54, 1.807) is 0 Å². The van der Waals surface area contributed by atoms with Crippen LogP contribution in [0.4, 0.5) is 0 Å². The van der Waals surface area contributed by atoms with Crippen molar-refractivity contribution in [1.82, 2.24) is 10.2 Å². The van der Waals surface area contributed by atoms with Crippen LogP contribution in [0.2, 0.25) is 0 Å². The van der Waals surface area contributed by atoms with Crippen LogP contribution in [-0.2, 0) is 0 Å². The van der Waals surface area contributed by atoms with Crippen LogP contribution in [-0.4, -0.2) is 36.6 Å². The summed E-state index contributed by atoms with van der Waals surface area (Å²) in [4.78, 5) is 2.64. The van der Waals surface area contributed by atoms with E-state index in [9.17, 15) is 0 Å². The molecule has 1 saturated heterocycles. The Kier molecular flexibility index (Phi) is 6.37. The number of rotatable bonds is 6. The number of hydrogen-bond acceptors (Lipinski definition) is 2. The second-order valence-corrected chi connectivity index (χ2v) is 5.53. The lowest BCUT2D eigenvalue weighted by Crippen LogP contribution is -2.46. The first kappa shape index (κ1) is 14.0. The fourth-order valence-corrected chi connectivity index (χ4v) is 2.40. The van der Waals surface area contributed by atoms with Gasteiger partial charge in [0.1, 0.15) is 0 Å². The quantitative estimate of drug-likeness (QED) is 0.749. The van der Waals surface area contributed by atoms with Crippen LogP contribution in [0.3, 0.4) is 0 Å². The first-order valence-electron chi connectivity index (χ1n) is 7.12. The summed E-state index contributed by atoms with van der Waals surface area (Å²) in [5, 5.41) is 3.69. The molecule has 3 unspecified atom stereocenters. The van der Waals surface area contributed by atoms with E-state index in [2.05, 4.69) is 37.9 Å². The van der Waals surface area contributed by atoms with Gasteiger partial charge in [0.05, 0.1) is 0 Å². The molecule has 0 aromatic carbocycles. The minimum Gasteiger partial charge on any atom is -0.312 e. The molecule has 2 heteroatoms. The molecule has 0 spiro atoms. The molecule has 1 aliphatic heterocycles. The highest BCUT2D eigenvalue weighted by Gasteiger charge is 2.17. The van der Waals surface area contributed by atoms with E-state index in [1.807, 2.05) is 0 Å². The Morgan fingerprint density at radius 1 is 1.06 bits per heavy atom. The van der Waals surface area contributed by atoms with Crippen LogP contribution in [0.1, 0.15) is 53.4 Å². The summed E-state index contributed by atoms with van der Waals surface area (Å²) in [5.41, 5.74) is 0. The predicted molar refractivity (Wildman–Crippen MR) is 71.8 cm³/mol. The van der Waals surface area contributed by atoms with Crippen LogP contribution < -0.4 is 5.32 Å². The molecule has 0 amide bonds. The van der Waals surface area contributed by atoms with Gasteiger partial charge in [-0.3, -0.25) is 4.90 Å². The lowest BCUT2D eigenvalue weighted by atomic mass is 10.0. The topological polar surface area (TPSA) is 15.3 Å². The van der Waals surface area contributed by atoms with Crippen molar-refractivity contribution in [2.75, 3.05) is 19.6 Å². The van der Waals surface area contributed by atoms with Gasteiger partial charge in [-0.05, 0) is 45.7 Å². The van der Waals surface area contributed by atoms with E-state index in [1.165, 1.54) is 38.8 Å². The zero-order chi connectivity index (χ0) is 12.0. The molecule has 0 aromatic heterocycles. The van der Waals surface area contributed by atoms with Crippen molar-refractivity contribution in [2.24, 2.45) is 5.92 Å². The summed E-state index contributed by atoms with van der Waals surface area (Å²) in [7, 11) is 0. The maximum Gasteiger partial charge on any atom is 0.0192 e. The molecular weight excluding hydrogens is 196 g/mol. The van der Waals surface area contributed by atoms with Crippen molar-refractivity contribution in [1.29, 1.82) is 0 Å². The van der Waals surface area contributed by atoms with Gasteiger partial charge in [0.25, 0.3) is 0 Å². The summed E-state index contributed by atoms with van der Waals surface area (Å²) in [6.07, 6.45) is 5.49. The third-order valence-corrected chi connectivity index (χ3v) is 4.25. The molecule has 0 bridgehead atoms. The molecule has 1 aliphatic rings. The zero-order valence-electron chi connectivity index (χ0n) is 11.6. The zero-order valence-corrected chi connectivity index (χ0v) is 11.6. The fourth-order valence-electron chi connectivity index (χ4n) is 2.40. The Bertz CT molecular complexity index is 176. The summed E-state index contributed by atoms with van der Waals surface area (Å²) >= 11 is 0. The summed E-state index contributed by atoms with van der Waals surface area (Å²) in [6, 6.07) is 1.35. The van der Waals surface area contributed by atoms with Crippen LogP contribution in [0, 0.1) is 5.92 Å². The van der Waals surface area contributed by atoms with E-state index in [-0.39, 0.29) is 0 Å². The largest absolute Gasteiger partial charge is 0.312 e. The van der Waals surface area contributed by atoms with Gasteiger partial charge in [-0.25, -0.2) is 0 Å². The van der Waals surface area contributed by atoms with Gasteiger partial charge in [-0.1, -0.05) is 26.7 Å². The standard InChI is InChI=1S/C14H30N2/c1-5-12(2)14(4)15-11-13(3)16-9-7-6-8-10-16/h12-15H,5-11H2,1-4H3. The minimum absolute atomic E-state index is 0.650. The van der Waals surface area contributed by atoms with Crippen molar-refractivity contribution < 1.29 is 0 Å². The van der Waals surface area contributed by atoms with E-state index in [0.29, 0.717) is 12.1 Å². The lowest BCUT2D eigenvalue weighted by molar-refractivity contribution is 0.165. The van der Waals surface area contributed by atoms with Gasteiger partial charge < -0.3 is 5.32 Å². The molecule has 1 N–H and O–H groups in total. The highest BCUT2D eigenvalue weighted by molar-refractivity contribution is 4.76. The molecule has 1 fully saturated rings. The van der Waals surface area contributed by atoms with Gasteiger partial charge in [-0.15, -0.1) is 0 Å². The van der Waals surface area contributed by atoms with Gasteiger partial charge in [0.2, 0.25) is 0 Å². The van der Waals surface area contributed by atoms with Crippen LogP contribution >= 0.6 is 0 Å². The maximum atomic E-state index is 3.69. The van der Waals surface area contributed by atoms with Gasteiger partial charge in [-0.2, -0.15) is 0 Å². The molecule has 0 aromatic rings. The van der Waals surface area contributed by atoms with Gasteiger partial charge in [0, 0.05) is 18.6 Å². The normalized spacial score (nSPS) is 24.0. The molecule has 3 atom stereocenters. The second-order valence-electron chi connectivity index (χ2n) is 5.53. The Labute approximate surface area is 102 Å². The number of nitrogens with zero attached hydrogens (tertiary/aromatic N) is 1. The van der Waals surface area contributed by atoms with E-state index < -0.39 is 0 Å². The SMILES string of the molecule is CCC(C)C(C)NCC(C)N1CCCCC1. The highest BCUT2D eigenvalue weighted by atomic mass is 15.2. The Hall–Kier alpha value is -0.0800.